The highest BCUT2D eigenvalue weighted by atomic mass is 32.1. The average molecular weight is 438 g/mol. The Morgan fingerprint density at radius 3 is 2.61 bits per heavy atom. The topological polar surface area (TPSA) is 54.9 Å². The Labute approximate surface area is 187 Å². The summed E-state index contributed by atoms with van der Waals surface area (Å²) in [6.07, 6.45) is 0.729. The predicted octanol–water partition coefficient (Wildman–Crippen LogP) is 4.27. The molecule has 31 heavy (non-hydrogen) atoms. The van der Waals surface area contributed by atoms with Crippen LogP contribution < -0.4 is 14.4 Å². The van der Waals surface area contributed by atoms with Crippen LogP contribution in [0.3, 0.4) is 0 Å². The van der Waals surface area contributed by atoms with Gasteiger partial charge in [-0.1, -0.05) is 29.8 Å². The number of anilines is 1. The molecule has 2 heterocycles. The number of benzene rings is 2. The van der Waals surface area contributed by atoms with E-state index in [9.17, 15) is 4.79 Å². The molecule has 0 spiro atoms. The van der Waals surface area contributed by atoms with Crippen molar-refractivity contribution in [2.75, 3.05) is 45.8 Å². The van der Waals surface area contributed by atoms with Gasteiger partial charge in [0, 0.05) is 36.8 Å². The molecule has 1 amide bonds. The van der Waals surface area contributed by atoms with Crippen molar-refractivity contribution in [1.29, 1.82) is 0 Å². The molecule has 1 aromatic heterocycles. The Bertz CT molecular complexity index is 1080. The first-order chi connectivity index (χ1) is 15.0. The zero-order valence-corrected chi connectivity index (χ0v) is 19.2. The zero-order valence-electron chi connectivity index (χ0n) is 18.3. The second kappa shape index (κ2) is 9.08. The Morgan fingerprint density at radius 2 is 1.90 bits per heavy atom. The largest absolute Gasteiger partial charge is 0.493 e. The minimum absolute atomic E-state index is 0.0135. The van der Waals surface area contributed by atoms with E-state index < -0.39 is 0 Å². The van der Waals surface area contributed by atoms with Gasteiger partial charge in [0.2, 0.25) is 0 Å². The van der Waals surface area contributed by atoms with Gasteiger partial charge < -0.3 is 19.3 Å². The van der Waals surface area contributed by atoms with Crippen LogP contribution in [-0.4, -0.2) is 56.7 Å². The number of amides is 1. The Kier molecular flexibility index (Phi) is 6.25. The number of hydrogen-bond donors (Lipinski definition) is 0. The number of thiazole rings is 1. The number of hydrogen-bond acceptors (Lipinski definition) is 6. The summed E-state index contributed by atoms with van der Waals surface area (Å²) in [7, 11) is 5.62. The quantitative estimate of drug-likeness (QED) is 0.553. The van der Waals surface area contributed by atoms with Crippen molar-refractivity contribution in [3.63, 3.8) is 0 Å². The molecule has 4 rings (SSSR count). The summed E-state index contributed by atoms with van der Waals surface area (Å²) in [5, 5.41) is 0.891. The Morgan fingerprint density at radius 1 is 1.13 bits per heavy atom. The number of carbonyl (C=O) groups is 1. The van der Waals surface area contributed by atoms with Crippen molar-refractivity contribution >= 4 is 22.9 Å². The fourth-order valence-corrected chi connectivity index (χ4v) is 4.54. The lowest BCUT2D eigenvalue weighted by atomic mass is 10.1. The number of methoxy groups -OCH3 is 1. The van der Waals surface area contributed by atoms with E-state index in [1.54, 1.807) is 12.0 Å². The second-order valence-electron chi connectivity index (χ2n) is 7.85. The van der Waals surface area contributed by atoms with Gasteiger partial charge in [-0.05, 0) is 33.2 Å². The smallest absolute Gasteiger partial charge is 0.270 e. The number of fused-ring (bicyclic) bond motifs is 1. The normalized spacial score (nSPS) is 13.5. The maximum absolute atomic E-state index is 13.3. The SMILES string of the molecule is COc1cc(N2CCc3nc(-c4ccc(C)cc4)sc3C2=O)ccc1OCCN(C)C. The number of ether oxygens (including phenoxy) is 2. The highest BCUT2D eigenvalue weighted by Gasteiger charge is 2.30. The first-order valence-electron chi connectivity index (χ1n) is 10.3. The summed E-state index contributed by atoms with van der Waals surface area (Å²) < 4.78 is 11.4. The van der Waals surface area contributed by atoms with Crippen LogP contribution in [0.25, 0.3) is 10.6 Å². The maximum Gasteiger partial charge on any atom is 0.270 e. The number of nitrogens with zero attached hydrogens (tertiary/aromatic N) is 3. The molecule has 2 aromatic carbocycles. The fraction of sp³-hybridized carbons (Fsp3) is 0.333. The molecule has 0 saturated heterocycles. The number of rotatable bonds is 7. The van der Waals surface area contributed by atoms with Gasteiger partial charge in [-0.2, -0.15) is 0 Å². The maximum atomic E-state index is 13.3. The highest BCUT2D eigenvalue weighted by molar-refractivity contribution is 7.17. The van der Waals surface area contributed by atoms with Crippen molar-refractivity contribution in [3.8, 4) is 22.1 Å². The molecule has 0 unspecified atom stereocenters. The number of aryl methyl sites for hydroxylation is 1. The molecule has 3 aromatic rings. The number of likely N-dealkylation sites (N-methyl/N-ethyl adjacent to an activating group) is 1. The van der Waals surface area contributed by atoms with Crippen LogP contribution in [0.4, 0.5) is 5.69 Å². The first kappa shape index (κ1) is 21.3. The minimum Gasteiger partial charge on any atom is -0.493 e. The van der Waals surface area contributed by atoms with Gasteiger partial charge in [-0.15, -0.1) is 11.3 Å². The lowest BCUT2D eigenvalue weighted by Gasteiger charge is -2.26. The molecule has 0 radical (unpaired) electrons. The van der Waals surface area contributed by atoms with Crippen molar-refractivity contribution in [3.05, 3.63) is 58.6 Å². The molecule has 0 saturated carbocycles. The predicted molar refractivity (Wildman–Crippen MR) is 125 cm³/mol. The van der Waals surface area contributed by atoms with Crippen LogP contribution in [0.2, 0.25) is 0 Å². The lowest BCUT2D eigenvalue weighted by molar-refractivity contribution is 0.0984. The van der Waals surface area contributed by atoms with Crippen LogP contribution in [-0.2, 0) is 6.42 Å². The van der Waals surface area contributed by atoms with E-state index in [1.165, 1.54) is 16.9 Å². The van der Waals surface area contributed by atoms with Crippen molar-refractivity contribution in [2.24, 2.45) is 0 Å². The van der Waals surface area contributed by atoms with Crippen molar-refractivity contribution < 1.29 is 14.3 Å². The molecule has 0 fully saturated rings. The standard InChI is InChI=1S/C24H27N3O3S/c1-16-5-7-17(8-6-16)23-25-19-11-12-27(24(28)22(19)31-23)18-9-10-20(21(15-18)29-4)30-14-13-26(2)3/h5-10,15H,11-14H2,1-4H3. The monoisotopic (exact) mass is 437 g/mol. The van der Waals surface area contributed by atoms with E-state index in [4.69, 9.17) is 14.5 Å². The molecular weight excluding hydrogens is 410 g/mol. The van der Waals surface area contributed by atoms with E-state index in [0.717, 1.165) is 34.9 Å². The van der Waals surface area contributed by atoms with Gasteiger partial charge in [0.25, 0.3) is 5.91 Å². The lowest BCUT2D eigenvalue weighted by Crippen LogP contribution is -2.36. The van der Waals surface area contributed by atoms with Crippen LogP contribution in [0.1, 0.15) is 20.9 Å². The minimum atomic E-state index is -0.0135. The van der Waals surface area contributed by atoms with E-state index in [1.807, 2.05) is 32.3 Å². The Balaban J connectivity index is 1.55. The van der Waals surface area contributed by atoms with Gasteiger partial charge in [-0.25, -0.2) is 4.98 Å². The van der Waals surface area contributed by atoms with E-state index in [2.05, 4.69) is 36.1 Å². The molecule has 0 aliphatic carbocycles. The molecule has 1 aliphatic rings. The fourth-order valence-electron chi connectivity index (χ4n) is 3.48. The van der Waals surface area contributed by atoms with Gasteiger partial charge in [-0.3, -0.25) is 4.79 Å². The second-order valence-corrected chi connectivity index (χ2v) is 8.85. The molecule has 162 valence electrons. The third kappa shape index (κ3) is 4.57. The molecular formula is C24H27N3O3S. The van der Waals surface area contributed by atoms with Crippen molar-refractivity contribution in [2.45, 2.75) is 13.3 Å². The average Bonchev–Trinajstić information content (AvgIpc) is 3.20. The molecule has 0 bridgehead atoms. The van der Waals surface area contributed by atoms with E-state index in [-0.39, 0.29) is 5.91 Å². The van der Waals surface area contributed by atoms with E-state index in [0.29, 0.717) is 29.5 Å². The van der Waals surface area contributed by atoms with Gasteiger partial charge >= 0.3 is 0 Å². The molecule has 1 aliphatic heterocycles. The van der Waals surface area contributed by atoms with E-state index >= 15 is 0 Å². The summed E-state index contributed by atoms with van der Waals surface area (Å²) in [5.41, 5.74) is 3.94. The van der Waals surface area contributed by atoms with Crippen LogP contribution in [0.5, 0.6) is 11.5 Å². The summed E-state index contributed by atoms with van der Waals surface area (Å²) >= 11 is 1.46. The van der Waals surface area contributed by atoms with Crippen LogP contribution >= 0.6 is 11.3 Å². The summed E-state index contributed by atoms with van der Waals surface area (Å²) in [6.45, 7) is 4.03. The van der Waals surface area contributed by atoms with Gasteiger partial charge in [0.15, 0.2) is 11.5 Å². The van der Waals surface area contributed by atoms with Gasteiger partial charge in [0.05, 0.1) is 12.8 Å². The summed E-state index contributed by atoms with van der Waals surface area (Å²) in [4.78, 5) is 22.6. The van der Waals surface area contributed by atoms with Crippen LogP contribution in [0, 0.1) is 6.92 Å². The molecule has 0 N–H and O–H groups in total. The van der Waals surface area contributed by atoms with Crippen molar-refractivity contribution in [1.82, 2.24) is 9.88 Å². The summed E-state index contributed by atoms with van der Waals surface area (Å²) in [5.74, 6) is 1.29. The molecule has 7 heteroatoms. The third-order valence-corrected chi connectivity index (χ3v) is 6.40. The first-order valence-corrected chi connectivity index (χ1v) is 11.1. The summed E-state index contributed by atoms with van der Waals surface area (Å²) in [6, 6.07) is 13.9. The zero-order chi connectivity index (χ0) is 22.0. The molecule has 0 atom stereocenters. The molecule has 6 nitrogen and oxygen atoms in total. The third-order valence-electron chi connectivity index (χ3n) is 5.26. The number of aromatic nitrogens is 1. The van der Waals surface area contributed by atoms with Gasteiger partial charge in [0.1, 0.15) is 16.5 Å². The Hall–Kier alpha value is -2.90. The number of carbonyl (C=O) groups excluding carboxylic acids is 1. The highest BCUT2D eigenvalue weighted by Crippen LogP contribution is 2.36. The van der Waals surface area contributed by atoms with Crippen LogP contribution in [0.15, 0.2) is 42.5 Å².